The minimum Gasteiger partial charge on any atom is -0.382 e. The number of likely N-dealkylation sites (N-methyl/N-ethyl adjacent to an activating group) is 1. The van der Waals surface area contributed by atoms with Crippen LogP contribution in [0.15, 0.2) is 18.3 Å². The maximum atomic E-state index is 7.49. The number of fused-ring (bicyclic) bond motifs is 2. The van der Waals surface area contributed by atoms with Gasteiger partial charge in [0.25, 0.3) is 0 Å². The maximum Gasteiger partial charge on any atom is 0.141 e. The second-order valence-corrected chi connectivity index (χ2v) is 5.60. The lowest BCUT2D eigenvalue weighted by Gasteiger charge is -2.27. The average Bonchev–Trinajstić information content (AvgIpc) is 2.63. The zero-order chi connectivity index (χ0) is 13.4. The normalized spacial score (nSPS) is 27.3. The van der Waals surface area contributed by atoms with Crippen molar-refractivity contribution < 1.29 is 0 Å². The Balaban J connectivity index is 1.82. The summed E-state index contributed by atoms with van der Waals surface area (Å²) in [6.07, 6.45) is 5.59. The van der Waals surface area contributed by atoms with E-state index in [2.05, 4.69) is 21.8 Å². The molecule has 0 aromatic carbocycles. The summed E-state index contributed by atoms with van der Waals surface area (Å²) in [5, 5.41) is 7.49. The van der Waals surface area contributed by atoms with E-state index in [9.17, 15) is 0 Å². The van der Waals surface area contributed by atoms with Gasteiger partial charge in [-0.05, 0) is 38.4 Å². The third-order valence-electron chi connectivity index (χ3n) is 4.53. The van der Waals surface area contributed by atoms with Crippen molar-refractivity contribution >= 4 is 11.5 Å². The van der Waals surface area contributed by atoms with E-state index in [-0.39, 0.29) is 5.84 Å². The average molecular weight is 259 g/mol. The number of hydrogen-bond donors (Lipinski definition) is 2. The van der Waals surface area contributed by atoms with Crippen LogP contribution in [0.25, 0.3) is 0 Å². The van der Waals surface area contributed by atoms with Crippen molar-refractivity contribution in [3.8, 4) is 0 Å². The molecule has 2 atom stereocenters. The van der Waals surface area contributed by atoms with Crippen molar-refractivity contribution in [2.45, 2.75) is 31.3 Å². The van der Waals surface area contributed by atoms with Gasteiger partial charge in [-0.15, -0.1) is 0 Å². The topological polar surface area (TPSA) is 69.2 Å². The van der Waals surface area contributed by atoms with Crippen LogP contribution in [0.1, 0.15) is 25.0 Å². The number of pyridine rings is 1. The highest BCUT2D eigenvalue weighted by Crippen LogP contribution is 2.30. The Labute approximate surface area is 113 Å². The fourth-order valence-electron chi connectivity index (χ4n) is 3.31. The Morgan fingerprint density at radius 1 is 1.37 bits per heavy atom. The van der Waals surface area contributed by atoms with Crippen molar-refractivity contribution in [2.75, 3.05) is 25.0 Å². The van der Waals surface area contributed by atoms with Crippen LogP contribution in [-0.4, -0.2) is 47.9 Å². The Kier molecular flexibility index (Phi) is 3.14. The first-order chi connectivity index (χ1) is 9.15. The highest BCUT2D eigenvalue weighted by Gasteiger charge is 2.34. The summed E-state index contributed by atoms with van der Waals surface area (Å²) in [4.78, 5) is 9.08. The highest BCUT2D eigenvalue weighted by molar-refractivity contribution is 5.93. The van der Waals surface area contributed by atoms with E-state index < -0.39 is 0 Å². The van der Waals surface area contributed by atoms with Crippen LogP contribution < -0.4 is 10.6 Å². The zero-order valence-corrected chi connectivity index (χ0v) is 11.3. The van der Waals surface area contributed by atoms with Crippen LogP contribution in [0.2, 0.25) is 0 Å². The number of hydrogen-bond acceptors (Lipinski definition) is 4. The van der Waals surface area contributed by atoms with E-state index in [0.29, 0.717) is 11.7 Å². The predicted octanol–water partition coefficient (Wildman–Crippen LogP) is 1.04. The van der Waals surface area contributed by atoms with Crippen molar-refractivity contribution in [3.05, 3.63) is 24.0 Å². The number of amidine groups is 1. The molecule has 5 heteroatoms. The fraction of sp³-hybridized carbons (Fsp3) is 0.571. The van der Waals surface area contributed by atoms with Gasteiger partial charge in [0.1, 0.15) is 11.5 Å². The molecular weight excluding hydrogens is 238 g/mol. The minimum atomic E-state index is 0.0373. The smallest absolute Gasteiger partial charge is 0.141 e. The fourth-order valence-corrected chi connectivity index (χ4v) is 3.31. The number of nitrogens with zero attached hydrogens (tertiary/aromatic N) is 3. The lowest BCUT2D eigenvalue weighted by Crippen LogP contribution is -2.36. The molecule has 2 bridgehead atoms. The summed E-state index contributed by atoms with van der Waals surface area (Å²) in [5.41, 5.74) is 7.23. The van der Waals surface area contributed by atoms with E-state index in [1.54, 1.807) is 6.20 Å². The second kappa shape index (κ2) is 4.81. The quantitative estimate of drug-likeness (QED) is 0.615. The van der Waals surface area contributed by atoms with Gasteiger partial charge in [-0.1, -0.05) is 0 Å². The Morgan fingerprint density at radius 2 is 2.16 bits per heavy atom. The van der Waals surface area contributed by atoms with Crippen LogP contribution in [0.3, 0.4) is 0 Å². The van der Waals surface area contributed by atoms with Gasteiger partial charge < -0.3 is 10.6 Å². The molecule has 102 valence electrons. The van der Waals surface area contributed by atoms with Gasteiger partial charge in [0.15, 0.2) is 0 Å². The molecule has 2 saturated heterocycles. The molecule has 19 heavy (non-hydrogen) atoms. The van der Waals surface area contributed by atoms with E-state index in [4.69, 9.17) is 11.1 Å². The number of nitrogens with one attached hydrogen (secondary N) is 1. The SMILES string of the molecule is CN1C2CCC1CN(c1ccnc(C(=N)N)c1)CC2. The molecular formula is C14H21N5. The molecule has 5 nitrogen and oxygen atoms in total. The molecule has 0 saturated carbocycles. The van der Waals surface area contributed by atoms with Crippen LogP contribution in [-0.2, 0) is 0 Å². The molecule has 2 aliphatic rings. The van der Waals surface area contributed by atoms with Gasteiger partial charge in [-0.2, -0.15) is 0 Å². The van der Waals surface area contributed by atoms with Gasteiger partial charge in [-0.3, -0.25) is 15.3 Å². The second-order valence-electron chi connectivity index (χ2n) is 5.60. The van der Waals surface area contributed by atoms with E-state index in [0.717, 1.165) is 24.8 Å². The standard InChI is InChI=1S/C14H21N5/c1-18-10-2-3-12(18)9-19(7-5-10)11-4-6-17-13(8-11)14(15)16/h4,6,8,10,12H,2-3,5,7,9H2,1H3,(H3,15,16). The van der Waals surface area contributed by atoms with Gasteiger partial charge in [-0.25, -0.2) is 0 Å². The summed E-state index contributed by atoms with van der Waals surface area (Å²) in [7, 11) is 2.25. The summed E-state index contributed by atoms with van der Waals surface area (Å²) < 4.78 is 0. The lowest BCUT2D eigenvalue weighted by atomic mass is 10.1. The van der Waals surface area contributed by atoms with Crippen LogP contribution in [0.4, 0.5) is 5.69 Å². The zero-order valence-electron chi connectivity index (χ0n) is 11.3. The Bertz CT molecular complexity index is 486. The first-order valence-corrected chi connectivity index (χ1v) is 6.92. The monoisotopic (exact) mass is 259 g/mol. The summed E-state index contributed by atoms with van der Waals surface area (Å²) in [6.45, 7) is 2.14. The highest BCUT2D eigenvalue weighted by atomic mass is 15.3. The van der Waals surface area contributed by atoms with Crippen molar-refractivity contribution in [1.29, 1.82) is 5.41 Å². The van der Waals surface area contributed by atoms with E-state index in [1.165, 1.54) is 19.3 Å². The van der Waals surface area contributed by atoms with Crippen molar-refractivity contribution in [2.24, 2.45) is 5.73 Å². The number of rotatable bonds is 2. The Hall–Kier alpha value is -1.62. The lowest BCUT2D eigenvalue weighted by molar-refractivity contribution is 0.254. The van der Waals surface area contributed by atoms with Gasteiger partial charge in [0.05, 0.1) is 0 Å². The number of aromatic nitrogens is 1. The summed E-state index contributed by atoms with van der Waals surface area (Å²) >= 11 is 0. The minimum absolute atomic E-state index is 0.0373. The molecule has 1 aromatic rings. The molecule has 2 unspecified atom stereocenters. The molecule has 2 fully saturated rings. The largest absolute Gasteiger partial charge is 0.382 e. The van der Waals surface area contributed by atoms with E-state index >= 15 is 0 Å². The molecule has 0 spiro atoms. The molecule has 3 rings (SSSR count). The molecule has 3 heterocycles. The predicted molar refractivity (Wildman–Crippen MR) is 76.7 cm³/mol. The first kappa shape index (κ1) is 12.4. The van der Waals surface area contributed by atoms with Gasteiger partial charge >= 0.3 is 0 Å². The van der Waals surface area contributed by atoms with Crippen molar-refractivity contribution in [3.63, 3.8) is 0 Å². The summed E-state index contributed by atoms with van der Waals surface area (Å²) in [5.74, 6) is 0.0373. The van der Waals surface area contributed by atoms with Crippen LogP contribution in [0, 0.1) is 5.41 Å². The number of anilines is 1. The summed E-state index contributed by atoms with van der Waals surface area (Å²) in [6, 6.07) is 5.35. The third-order valence-corrected chi connectivity index (χ3v) is 4.53. The maximum absolute atomic E-state index is 7.49. The van der Waals surface area contributed by atoms with Gasteiger partial charge in [0.2, 0.25) is 0 Å². The third kappa shape index (κ3) is 2.30. The molecule has 0 aliphatic carbocycles. The molecule has 0 radical (unpaired) electrons. The molecule has 2 aliphatic heterocycles. The number of nitrogen functional groups attached to an aromatic ring is 1. The molecule has 0 amide bonds. The van der Waals surface area contributed by atoms with Crippen LogP contribution in [0.5, 0.6) is 0 Å². The molecule has 3 N–H and O–H groups in total. The Morgan fingerprint density at radius 3 is 2.95 bits per heavy atom. The first-order valence-electron chi connectivity index (χ1n) is 6.92. The van der Waals surface area contributed by atoms with E-state index in [1.807, 2.05) is 12.1 Å². The molecule has 1 aromatic heterocycles. The van der Waals surface area contributed by atoms with Crippen molar-refractivity contribution in [1.82, 2.24) is 9.88 Å². The van der Waals surface area contributed by atoms with Gasteiger partial charge in [0, 0.05) is 37.1 Å². The number of nitrogens with two attached hydrogens (primary N) is 1. The van der Waals surface area contributed by atoms with Crippen LogP contribution >= 0.6 is 0 Å².